The maximum absolute atomic E-state index is 12.8. The van der Waals surface area contributed by atoms with Gasteiger partial charge in [0.1, 0.15) is 11.3 Å². The van der Waals surface area contributed by atoms with Crippen molar-refractivity contribution in [3.05, 3.63) is 46.4 Å². The van der Waals surface area contributed by atoms with E-state index < -0.39 is 30.5 Å². The van der Waals surface area contributed by atoms with Gasteiger partial charge >= 0.3 is 23.8 Å². The number of anilines is 1. The van der Waals surface area contributed by atoms with Crippen molar-refractivity contribution in [2.75, 3.05) is 18.7 Å². The Kier molecular flexibility index (Phi) is 9.97. The summed E-state index contributed by atoms with van der Waals surface area (Å²) in [6, 6.07) is 9.34. The van der Waals surface area contributed by atoms with Gasteiger partial charge in [0.2, 0.25) is 6.79 Å². The summed E-state index contributed by atoms with van der Waals surface area (Å²) < 4.78 is 17.1. The van der Waals surface area contributed by atoms with Gasteiger partial charge in [-0.2, -0.15) is 9.97 Å². The van der Waals surface area contributed by atoms with E-state index in [2.05, 4.69) is 20.3 Å². The fourth-order valence-corrected chi connectivity index (χ4v) is 3.67. The predicted octanol–water partition coefficient (Wildman–Crippen LogP) is 3.65. The number of ether oxygens (including phenoxy) is 3. The highest BCUT2D eigenvalue weighted by molar-refractivity contribution is 5.93. The zero-order valence-corrected chi connectivity index (χ0v) is 22.0. The van der Waals surface area contributed by atoms with Crippen molar-refractivity contribution >= 4 is 34.8 Å². The number of H-pyrrole nitrogens is 1. The number of carbonyl (C=O) groups is 3. The predicted molar refractivity (Wildman–Crippen MR) is 139 cm³/mol. The van der Waals surface area contributed by atoms with E-state index in [1.165, 1.54) is 11.5 Å². The number of ketones is 1. The van der Waals surface area contributed by atoms with Gasteiger partial charge in [-0.05, 0) is 24.8 Å². The third-order valence-electron chi connectivity index (χ3n) is 5.74. The fraction of sp³-hybridized carbons (Fsp3) is 0.462. The number of imidazole rings is 1. The summed E-state index contributed by atoms with van der Waals surface area (Å²) in [6.07, 6.45) is 0.727. The molecule has 1 atom stereocenters. The molecule has 0 unspecified atom stereocenters. The number of aromatic nitrogens is 4. The molecule has 0 radical (unpaired) electrons. The monoisotopic (exact) mass is 527 g/mol. The van der Waals surface area contributed by atoms with Crippen LogP contribution in [-0.2, 0) is 25.6 Å². The molecule has 2 heterocycles. The van der Waals surface area contributed by atoms with Crippen molar-refractivity contribution in [3.8, 4) is 6.01 Å². The van der Waals surface area contributed by atoms with Gasteiger partial charge in [-0.15, -0.1) is 0 Å². The second-order valence-electron chi connectivity index (χ2n) is 9.15. The van der Waals surface area contributed by atoms with Crippen molar-refractivity contribution in [1.29, 1.82) is 0 Å². The van der Waals surface area contributed by atoms with Gasteiger partial charge in [-0.1, -0.05) is 57.5 Å². The first kappa shape index (κ1) is 28.4. The van der Waals surface area contributed by atoms with Crippen molar-refractivity contribution < 1.29 is 28.6 Å². The topological polar surface area (TPSA) is 154 Å². The second kappa shape index (κ2) is 13.4. The Morgan fingerprint density at radius 2 is 1.84 bits per heavy atom. The van der Waals surface area contributed by atoms with E-state index in [-0.39, 0.29) is 47.7 Å². The van der Waals surface area contributed by atoms with Crippen molar-refractivity contribution in [2.24, 2.45) is 11.8 Å². The highest BCUT2D eigenvalue weighted by Crippen LogP contribution is 2.22. The summed E-state index contributed by atoms with van der Waals surface area (Å²) in [4.78, 5) is 60.3. The minimum absolute atomic E-state index is 0.0162. The lowest BCUT2D eigenvalue weighted by molar-refractivity contribution is -0.159. The lowest BCUT2D eigenvalue weighted by Crippen LogP contribution is -2.27. The molecule has 2 N–H and O–H groups in total. The minimum atomic E-state index is -0.971. The number of nitrogens with one attached hydrogen (secondary N) is 2. The standard InChI is InChI=1S/C26H33N5O7/c1-5-6-12-36-24-28-21(29-26(35)38-15-37-23(33)19(16(2)3)13-17(4)32)20-22(30-24)31(25(34)27-20)14-18-10-8-7-9-11-18/h7-11,16,19H,5-6,12-15H2,1-4H3,(H,27,34)(H,28,29,30,35)/t19-/m0/s1. The summed E-state index contributed by atoms with van der Waals surface area (Å²) in [5.41, 5.74) is 0.859. The van der Waals surface area contributed by atoms with Crippen LogP contribution in [0, 0.1) is 11.8 Å². The molecule has 3 rings (SSSR count). The first-order valence-electron chi connectivity index (χ1n) is 12.5. The third-order valence-corrected chi connectivity index (χ3v) is 5.74. The number of rotatable bonds is 13. The van der Waals surface area contributed by atoms with Crippen LogP contribution < -0.4 is 15.7 Å². The van der Waals surface area contributed by atoms with Crippen LogP contribution in [0.4, 0.5) is 10.6 Å². The van der Waals surface area contributed by atoms with Crippen LogP contribution in [0.2, 0.25) is 0 Å². The number of amides is 1. The van der Waals surface area contributed by atoms with E-state index in [4.69, 9.17) is 14.2 Å². The number of esters is 1. The Morgan fingerprint density at radius 1 is 1.11 bits per heavy atom. The molecule has 204 valence electrons. The van der Waals surface area contributed by atoms with Gasteiger partial charge in [0.25, 0.3) is 0 Å². The molecular formula is C26H33N5O7. The van der Waals surface area contributed by atoms with Crippen molar-refractivity contribution in [1.82, 2.24) is 19.5 Å². The minimum Gasteiger partial charge on any atom is -0.463 e. The first-order chi connectivity index (χ1) is 18.2. The van der Waals surface area contributed by atoms with Gasteiger partial charge in [0, 0.05) is 6.42 Å². The number of hydrogen-bond acceptors (Lipinski definition) is 9. The zero-order chi connectivity index (χ0) is 27.7. The van der Waals surface area contributed by atoms with Gasteiger partial charge < -0.3 is 24.0 Å². The lowest BCUT2D eigenvalue weighted by atomic mass is 9.91. The quantitative estimate of drug-likeness (QED) is 0.192. The molecule has 0 aliphatic rings. The first-order valence-corrected chi connectivity index (χ1v) is 12.5. The highest BCUT2D eigenvalue weighted by Gasteiger charge is 2.26. The number of hydrogen-bond donors (Lipinski definition) is 2. The molecule has 0 saturated heterocycles. The Balaban J connectivity index is 1.78. The van der Waals surface area contributed by atoms with Gasteiger partial charge in [0.05, 0.1) is 19.1 Å². The zero-order valence-electron chi connectivity index (χ0n) is 22.0. The fourth-order valence-electron chi connectivity index (χ4n) is 3.67. The second-order valence-corrected chi connectivity index (χ2v) is 9.15. The van der Waals surface area contributed by atoms with Gasteiger partial charge in [0.15, 0.2) is 11.5 Å². The molecule has 0 aliphatic heterocycles. The maximum Gasteiger partial charge on any atom is 0.415 e. The van der Waals surface area contributed by atoms with E-state index in [0.29, 0.717) is 6.61 Å². The van der Waals surface area contributed by atoms with E-state index in [0.717, 1.165) is 18.4 Å². The highest BCUT2D eigenvalue weighted by atomic mass is 16.7. The summed E-state index contributed by atoms with van der Waals surface area (Å²) in [5, 5.41) is 2.46. The maximum atomic E-state index is 12.8. The van der Waals surface area contributed by atoms with Crippen molar-refractivity contribution in [2.45, 2.75) is 53.5 Å². The molecule has 38 heavy (non-hydrogen) atoms. The van der Waals surface area contributed by atoms with Crippen LogP contribution in [0.5, 0.6) is 6.01 Å². The number of benzene rings is 1. The van der Waals surface area contributed by atoms with Crippen LogP contribution in [0.3, 0.4) is 0 Å². The normalized spacial score (nSPS) is 11.8. The molecule has 0 aliphatic carbocycles. The van der Waals surface area contributed by atoms with E-state index in [9.17, 15) is 19.2 Å². The van der Waals surface area contributed by atoms with Crippen LogP contribution >= 0.6 is 0 Å². The van der Waals surface area contributed by atoms with Crippen molar-refractivity contribution in [3.63, 3.8) is 0 Å². The number of Topliss-reactive ketones (excluding diaryl/α,β-unsaturated/α-hetero) is 1. The Hall–Kier alpha value is -4.22. The molecule has 12 heteroatoms. The molecule has 2 aromatic heterocycles. The van der Waals surface area contributed by atoms with Crippen LogP contribution in [0.25, 0.3) is 11.2 Å². The molecule has 1 aromatic carbocycles. The Bertz CT molecular complexity index is 1320. The van der Waals surface area contributed by atoms with Crippen LogP contribution in [0.15, 0.2) is 35.1 Å². The SMILES string of the molecule is CCCCOc1nc(NC(=O)OCOC(=O)[C@@H](CC(C)=O)C(C)C)c2[nH]c(=O)n(Cc3ccccc3)c2n1. The van der Waals surface area contributed by atoms with Crippen LogP contribution in [-0.4, -0.2) is 50.8 Å². The summed E-state index contributed by atoms with van der Waals surface area (Å²) >= 11 is 0. The molecule has 0 saturated carbocycles. The van der Waals surface area contributed by atoms with Gasteiger partial charge in [-0.25, -0.2) is 9.59 Å². The third kappa shape index (κ3) is 7.64. The Morgan fingerprint density at radius 3 is 2.50 bits per heavy atom. The number of aromatic amines is 1. The molecule has 3 aromatic rings. The van der Waals surface area contributed by atoms with E-state index >= 15 is 0 Å². The smallest absolute Gasteiger partial charge is 0.415 e. The lowest BCUT2D eigenvalue weighted by Gasteiger charge is -2.18. The molecular weight excluding hydrogens is 494 g/mol. The number of unbranched alkanes of at least 4 members (excludes halogenated alkanes) is 1. The van der Waals surface area contributed by atoms with Crippen LogP contribution in [0.1, 0.15) is 52.5 Å². The Labute approximate surface area is 219 Å². The summed E-state index contributed by atoms with van der Waals surface area (Å²) in [6.45, 7) is 6.94. The average Bonchev–Trinajstić information content (AvgIpc) is 3.18. The molecule has 1 amide bonds. The number of fused-ring (bicyclic) bond motifs is 1. The molecule has 12 nitrogen and oxygen atoms in total. The molecule has 0 fully saturated rings. The largest absolute Gasteiger partial charge is 0.463 e. The number of carbonyl (C=O) groups excluding carboxylic acids is 3. The average molecular weight is 528 g/mol. The number of nitrogens with zero attached hydrogens (tertiary/aromatic N) is 3. The van der Waals surface area contributed by atoms with Gasteiger partial charge in [-0.3, -0.25) is 14.7 Å². The summed E-state index contributed by atoms with van der Waals surface area (Å²) in [5.74, 6) is -1.58. The van der Waals surface area contributed by atoms with E-state index in [1.54, 1.807) is 13.8 Å². The summed E-state index contributed by atoms with van der Waals surface area (Å²) in [7, 11) is 0. The molecule has 0 bridgehead atoms. The van der Waals surface area contributed by atoms with E-state index in [1.807, 2.05) is 37.3 Å². The molecule has 0 spiro atoms.